The third-order valence-corrected chi connectivity index (χ3v) is 3.99. The van der Waals surface area contributed by atoms with Crippen LogP contribution in [0.25, 0.3) is 0 Å². The molecule has 3 nitrogen and oxygen atoms in total. The van der Waals surface area contributed by atoms with Gasteiger partial charge in [-0.3, -0.25) is 4.79 Å². The Morgan fingerprint density at radius 2 is 2.50 bits per heavy atom. The number of hydrogen-bond acceptors (Lipinski definition) is 3. The van der Waals surface area contributed by atoms with Gasteiger partial charge in [0.15, 0.2) is 0 Å². The van der Waals surface area contributed by atoms with E-state index in [0.29, 0.717) is 6.42 Å². The van der Waals surface area contributed by atoms with E-state index in [4.69, 9.17) is 5.26 Å². The van der Waals surface area contributed by atoms with Crippen LogP contribution in [-0.2, 0) is 4.79 Å². The molecule has 0 spiro atoms. The number of carbonyl (C=O) groups is 1. The second kappa shape index (κ2) is 4.70. The van der Waals surface area contributed by atoms with Crippen LogP contribution in [0.3, 0.4) is 0 Å². The third-order valence-electron chi connectivity index (χ3n) is 2.47. The van der Waals surface area contributed by atoms with Gasteiger partial charge in [0.1, 0.15) is 0 Å². The minimum atomic E-state index is -0.260. The van der Waals surface area contributed by atoms with Gasteiger partial charge in [0.2, 0.25) is 5.91 Å². The molecule has 0 aromatic carbocycles. The monoisotopic (exact) mass is 212 g/mol. The molecule has 0 bridgehead atoms. The van der Waals surface area contributed by atoms with Crippen molar-refractivity contribution in [2.45, 2.75) is 43.9 Å². The van der Waals surface area contributed by atoms with Crippen molar-refractivity contribution in [2.75, 3.05) is 5.75 Å². The first-order chi connectivity index (χ1) is 6.58. The Labute approximate surface area is 89.2 Å². The molecule has 0 aromatic heterocycles. The fraction of sp³-hybridized carbons (Fsp3) is 0.800. The number of nitrogens with one attached hydrogen (secondary N) is 1. The molecule has 0 aromatic rings. The molecule has 1 amide bonds. The van der Waals surface area contributed by atoms with Crippen molar-refractivity contribution in [1.82, 2.24) is 5.32 Å². The van der Waals surface area contributed by atoms with Crippen LogP contribution in [-0.4, -0.2) is 22.4 Å². The first-order valence-electron chi connectivity index (χ1n) is 4.90. The van der Waals surface area contributed by atoms with Crippen molar-refractivity contribution in [3.05, 3.63) is 0 Å². The largest absolute Gasteiger partial charge is 0.351 e. The first-order valence-corrected chi connectivity index (χ1v) is 5.89. The number of carbonyl (C=O) groups excluding carboxylic acids is 1. The van der Waals surface area contributed by atoms with E-state index in [-0.39, 0.29) is 16.7 Å². The Kier molecular flexibility index (Phi) is 3.82. The van der Waals surface area contributed by atoms with Gasteiger partial charge in [0, 0.05) is 6.04 Å². The molecule has 1 fully saturated rings. The molecule has 14 heavy (non-hydrogen) atoms. The van der Waals surface area contributed by atoms with Crippen molar-refractivity contribution in [1.29, 1.82) is 5.26 Å². The molecule has 0 aliphatic carbocycles. The molecule has 1 aliphatic rings. The molecule has 1 rings (SSSR count). The van der Waals surface area contributed by atoms with Crippen LogP contribution >= 0.6 is 11.8 Å². The van der Waals surface area contributed by atoms with Gasteiger partial charge in [-0.05, 0) is 32.4 Å². The van der Waals surface area contributed by atoms with Crippen molar-refractivity contribution >= 4 is 17.7 Å². The van der Waals surface area contributed by atoms with Crippen LogP contribution in [0.1, 0.15) is 33.1 Å². The maximum atomic E-state index is 11.8. The predicted octanol–water partition coefficient (Wildman–Crippen LogP) is 1.69. The summed E-state index contributed by atoms with van der Waals surface area (Å²) < 4.78 is -0.260. The van der Waals surface area contributed by atoms with Gasteiger partial charge in [-0.2, -0.15) is 5.26 Å². The minimum Gasteiger partial charge on any atom is -0.351 e. The maximum absolute atomic E-state index is 11.8. The van der Waals surface area contributed by atoms with Gasteiger partial charge in [0.25, 0.3) is 0 Å². The lowest BCUT2D eigenvalue weighted by molar-refractivity contribution is -0.123. The zero-order chi connectivity index (χ0) is 10.6. The lowest BCUT2D eigenvalue weighted by atomic mass is 10.0. The summed E-state index contributed by atoms with van der Waals surface area (Å²) in [5, 5.41) is 11.4. The number of nitriles is 1. The molecule has 2 unspecified atom stereocenters. The zero-order valence-corrected chi connectivity index (χ0v) is 9.49. The highest BCUT2D eigenvalue weighted by molar-refractivity contribution is 8.01. The minimum absolute atomic E-state index is 0.0366. The van der Waals surface area contributed by atoms with Gasteiger partial charge in [-0.25, -0.2) is 0 Å². The molecule has 1 heterocycles. The van der Waals surface area contributed by atoms with Crippen LogP contribution in [0.4, 0.5) is 0 Å². The Hall–Kier alpha value is -0.690. The van der Waals surface area contributed by atoms with E-state index in [1.807, 2.05) is 13.8 Å². The summed E-state index contributed by atoms with van der Waals surface area (Å²) in [6.07, 6.45) is 2.44. The quantitative estimate of drug-likeness (QED) is 0.774. The molecule has 2 atom stereocenters. The number of hydrogen-bond donors (Lipinski definition) is 1. The van der Waals surface area contributed by atoms with Crippen LogP contribution in [0, 0.1) is 11.3 Å². The van der Waals surface area contributed by atoms with Crippen molar-refractivity contribution in [2.24, 2.45) is 0 Å². The Bertz CT molecular complexity index is 253. The van der Waals surface area contributed by atoms with E-state index in [1.54, 1.807) is 11.8 Å². The summed E-state index contributed by atoms with van der Waals surface area (Å²) in [5.74, 6) is 1.15. The fourth-order valence-corrected chi connectivity index (χ4v) is 2.74. The molecule has 1 saturated heterocycles. The van der Waals surface area contributed by atoms with Crippen LogP contribution in [0.2, 0.25) is 0 Å². The van der Waals surface area contributed by atoms with Gasteiger partial charge >= 0.3 is 0 Å². The topological polar surface area (TPSA) is 52.9 Å². The third kappa shape index (κ3) is 2.65. The van der Waals surface area contributed by atoms with E-state index >= 15 is 0 Å². The molecule has 0 radical (unpaired) electrons. The van der Waals surface area contributed by atoms with Crippen molar-refractivity contribution in [3.63, 3.8) is 0 Å². The Balaban J connectivity index is 2.45. The predicted molar refractivity (Wildman–Crippen MR) is 57.9 cm³/mol. The van der Waals surface area contributed by atoms with Gasteiger partial charge < -0.3 is 5.32 Å². The average Bonchev–Trinajstić information content (AvgIpc) is 2.54. The second-order valence-electron chi connectivity index (χ2n) is 3.92. The number of rotatable bonds is 3. The molecule has 0 saturated carbocycles. The summed E-state index contributed by atoms with van der Waals surface area (Å²) >= 11 is 1.72. The lowest BCUT2D eigenvalue weighted by Gasteiger charge is -2.23. The highest BCUT2D eigenvalue weighted by atomic mass is 32.2. The molecule has 4 heteroatoms. The van der Waals surface area contributed by atoms with Crippen LogP contribution in [0.15, 0.2) is 0 Å². The SMILES string of the molecule is CC(CC#N)NC(=O)C1(C)CCCS1. The smallest absolute Gasteiger partial charge is 0.236 e. The van der Waals surface area contributed by atoms with E-state index in [1.165, 1.54) is 0 Å². The average molecular weight is 212 g/mol. The molecule has 1 aliphatic heterocycles. The van der Waals surface area contributed by atoms with Gasteiger partial charge in [-0.1, -0.05) is 0 Å². The van der Waals surface area contributed by atoms with Crippen LogP contribution < -0.4 is 5.32 Å². The highest BCUT2D eigenvalue weighted by Crippen LogP contribution is 2.37. The first kappa shape index (κ1) is 11.4. The normalized spacial score (nSPS) is 28.1. The van der Waals surface area contributed by atoms with E-state index in [9.17, 15) is 4.79 Å². The molecule has 1 N–H and O–H groups in total. The van der Waals surface area contributed by atoms with E-state index in [2.05, 4.69) is 11.4 Å². The zero-order valence-electron chi connectivity index (χ0n) is 8.67. The van der Waals surface area contributed by atoms with E-state index < -0.39 is 0 Å². The number of amides is 1. The summed E-state index contributed by atoms with van der Waals surface area (Å²) in [7, 11) is 0. The molecule has 78 valence electrons. The fourth-order valence-electron chi connectivity index (χ4n) is 1.52. The lowest BCUT2D eigenvalue weighted by Crippen LogP contribution is -2.44. The molecular formula is C10H16N2OS. The highest BCUT2D eigenvalue weighted by Gasteiger charge is 2.37. The van der Waals surface area contributed by atoms with Crippen molar-refractivity contribution in [3.8, 4) is 6.07 Å². The summed E-state index contributed by atoms with van der Waals surface area (Å²) in [5.41, 5.74) is 0. The summed E-state index contributed by atoms with van der Waals surface area (Å²) in [4.78, 5) is 11.8. The van der Waals surface area contributed by atoms with Gasteiger partial charge in [0.05, 0.1) is 17.2 Å². The van der Waals surface area contributed by atoms with E-state index in [0.717, 1.165) is 18.6 Å². The van der Waals surface area contributed by atoms with Gasteiger partial charge in [-0.15, -0.1) is 11.8 Å². The Morgan fingerprint density at radius 1 is 1.79 bits per heavy atom. The molecular weight excluding hydrogens is 196 g/mol. The second-order valence-corrected chi connectivity index (χ2v) is 5.52. The summed E-state index contributed by atoms with van der Waals surface area (Å²) in [6, 6.07) is 2.02. The standard InChI is InChI=1S/C10H16N2OS/c1-8(4-6-11)12-9(13)10(2)5-3-7-14-10/h8H,3-5,7H2,1-2H3,(H,12,13). The van der Waals surface area contributed by atoms with Crippen molar-refractivity contribution < 1.29 is 4.79 Å². The Morgan fingerprint density at radius 3 is 3.00 bits per heavy atom. The summed E-state index contributed by atoms with van der Waals surface area (Å²) in [6.45, 7) is 3.85. The maximum Gasteiger partial charge on any atom is 0.236 e. The number of nitrogens with zero attached hydrogens (tertiary/aromatic N) is 1. The van der Waals surface area contributed by atoms with Crippen LogP contribution in [0.5, 0.6) is 0 Å². The number of thioether (sulfide) groups is 1.